The Morgan fingerprint density at radius 2 is 2.04 bits per heavy atom. The number of aromatic nitrogens is 1. The van der Waals surface area contributed by atoms with Crippen LogP contribution in [0.1, 0.15) is 39.0 Å². The van der Waals surface area contributed by atoms with Crippen LogP contribution in [0, 0.1) is 5.92 Å². The highest BCUT2D eigenvalue weighted by Crippen LogP contribution is 2.40. The van der Waals surface area contributed by atoms with Gasteiger partial charge in [-0.15, -0.1) is 11.3 Å². The van der Waals surface area contributed by atoms with Gasteiger partial charge in [0.2, 0.25) is 5.13 Å². The highest BCUT2D eigenvalue weighted by Gasteiger charge is 2.28. The summed E-state index contributed by atoms with van der Waals surface area (Å²) >= 11 is 1.61. The highest BCUT2D eigenvalue weighted by molar-refractivity contribution is 7.14. The summed E-state index contributed by atoms with van der Waals surface area (Å²) in [5, 5.41) is 7.60. The van der Waals surface area contributed by atoms with E-state index in [-0.39, 0.29) is 0 Å². The number of hydrazone groups is 1. The van der Waals surface area contributed by atoms with Gasteiger partial charge in [-0.25, -0.2) is 4.98 Å². The standard InChI is InChI=1S/C19H21N3S/c1-13-16-9-5-8-14(16)10-11-17(13)21-22-19-20-18(12-23-19)15-6-3-2-4-7-15/h2-4,6-7,12,14H,5,8-11H2,1H3,(H,20,22)/b21-17+. The molecule has 0 saturated heterocycles. The average molecular weight is 323 g/mol. The molecule has 1 saturated carbocycles. The van der Waals surface area contributed by atoms with Crippen LogP contribution in [0.2, 0.25) is 0 Å². The number of fused-ring (bicyclic) bond motifs is 1. The molecule has 1 heterocycles. The third-order valence-corrected chi connectivity index (χ3v) is 5.74. The Hall–Kier alpha value is -1.94. The van der Waals surface area contributed by atoms with E-state index >= 15 is 0 Å². The third-order valence-electron chi connectivity index (χ3n) is 5.00. The lowest BCUT2D eigenvalue weighted by atomic mass is 9.84. The molecular weight excluding hydrogens is 302 g/mol. The number of hydrogen-bond acceptors (Lipinski definition) is 4. The maximum absolute atomic E-state index is 4.66. The van der Waals surface area contributed by atoms with Crippen molar-refractivity contribution in [2.75, 3.05) is 5.43 Å². The van der Waals surface area contributed by atoms with E-state index < -0.39 is 0 Å². The Labute approximate surface area is 141 Å². The Morgan fingerprint density at radius 1 is 1.17 bits per heavy atom. The predicted molar refractivity (Wildman–Crippen MR) is 97.9 cm³/mol. The number of nitrogens with one attached hydrogen (secondary N) is 1. The molecule has 4 heteroatoms. The molecule has 1 N–H and O–H groups in total. The number of allylic oxidation sites excluding steroid dienone is 2. The normalized spacial score (nSPS) is 22.5. The smallest absolute Gasteiger partial charge is 0.203 e. The molecule has 0 bridgehead atoms. The summed E-state index contributed by atoms with van der Waals surface area (Å²) in [5.74, 6) is 0.832. The van der Waals surface area contributed by atoms with E-state index in [4.69, 9.17) is 0 Å². The van der Waals surface area contributed by atoms with Gasteiger partial charge >= 0.3 is 0 Å². The predicted octanol–water partition coefficient (Wildman–Crippen LogP) is 5.49. The van der Waals surface area contributed by atoms with Crippen molar-refractivity contribution in [1.29, 1.82) is 0 Å². The topological polar surface area (TPSA) is 37.3 Å². The maximum Gasteiger partial charge on any atom is 0.203 e. The summed E-state index contributed by atoms with van der Waals surface area (Å²) in [4.78, 5) is 4.64. The quantitative estimate of drug-likeness (QED) is 0.758. The zero-order chi connectivity index (χ0) is 15.6. The fourth-order valence-corrected chi connectivity index (χ4v) is 4.40. The molecule has 0 radical (unpaired) electrons. The number of benzene rings is 1. The van der Waals surface area contributed by atoms with Crippen LogP contribution in [0.3, 0.4) is 0 Å². The van der Waals surface area contributed by atoms with E-state index in [1.54, 1.807) is 16.9 Å². The first-order chi connectivity index (χ1) is 11.3. The summed E-state index contributed by atoms with van der Waals surface area (Å²) in [6.07, 6.45) is 6.35. The summed E-state index contributed by atoms with van der Waals surface area (Å²) < 4.78 is 0. The minimum Gasteiger partial charge on any atom is -0.252 e. The van der Waals surface area contributed by atoms with Crippen LogP contribution < -0.4 is 5.43 Å². The molecule has 0 aliphatic heterocycles. The van der Waals surface area contributed by atoms with Crippen molar-refractivity contribution in [2.24, 2.45) is 11.0 Å². The van der Waals surface area contributed by atoms with Crippen LogP contribution in [-0.2, 0) is 0 Å². The lowest BCUT2D eigenvalue weighted by Crippen LogP contribution is -2.16. The van der Waals surface area contributed by atoms with Crippen molar-refractivity contribution >= 4 is 22.2 Å². The number of thiazole rings is 1. The average Bonchev–Trinajstić information content (AvgIpc) is 3.25. The largest absolute Gasteiger partial charge is 0.252 e. The summed E-state index contributed by atoms with van der Waals surface area (Å²) in [5.41, 5.74) is 9.62. The van der Waals surface area contributed by atoms with Gasteiger partial charge in [-0.1, -0.05) is 35.9 Å². The van der Waals surface area contributed by atoms with Gasteiger partial charge in [-0.3, -0.25) is 5.43 Å². The summed E-state index contributed by atoms with van der Waals surface area (Å²) in [7, 11) is 0. The van der Waals surface area contributed by atoms with Gasteiger partial charge in [0.25, 0.3) is 0 Å². The lowest BCUT2D eigenvalue weighted by Gasteiger charge is -2.22. The Bertz CT molecular complexity index is 758. The van der Waals surface area contributed by atoms with Gasteiger partial charge in [0.05, 0.1) is 11.4 Å². The first-order valence-corrected chi connectivity index (χ1v) is 9.23. The van der Waals surface area contributed by atoms with Crippen LogP contribution >= 0.6 is 11.3 Å². The fourth-order valence-electron chi connectivity index (χ4n) is 3.73. The molecular formula is C19H21N3S. The van der Waals surface area contributed by atoms with Gasteiger partial charge in [0.1, 0.15) is 0 Å². The fraction of sp³-hybridized carbons (Fsp3) is 0.368. The van der Waals surface area contributed by atoms with Gasteiger partial charge < -0.3 is 0 Å². The van der Waals surface area contributed by atoms with E-state index in [0.717, 1.165) is 28.7 Å². The highest BCUT2D eigenvalue weighted by atomic mass is 32.1. The minimum absolute atomic E-state index is 0.832. The van der Waals surface area contributed by atoms with Crippen molar-refractivity contribution in [3.63, 3.8) is 0 Å². The maximum atomic E-state index is 4.66. The van der Waals surface area contributed by atoms with Gasteiger partial charge in [-0.2, -0.15) is 5.10 Å². The Morgan fingerprint density at radius 3 is 2.91 bits per heavy atom. The van der Waals surface area contributed by atoms with E-state index in [1.165, 1.54) is 37.0 Å². The van der Waals surface area contributed by atoms with Crippen LogP contribution in [0.5, 0.6) is 0 Å². The Balaban J connectivity index is 1.51. The molecule has 3 nitrogen and oxygen atoms in total. The van der Waals surface area contributed by atoms with Crippen molar-refractivity contribution < 1.29 is 0 Å². The molecule has 1 fully saturated rings. The molecule has 0 amide bonds. The van der Waals surface area contributed by atoms with Crippen molar-refractivity contribution in [2.45, 2.75) is 39.0 Å². The van der Waals surface area contributed by atoms with Gasteiger partial charge in [-0.05, 0) is 50.5 Å². The van der Waals surface area contributed by atoms with Crippen molar-refractivity contribution in [3.05, 3.63) is 46.9 Å². The molecule has 1 aromatic heterocycles. The molecule has 23 heavy (non-hydrogen) atoms. The second kappa shape index (κ2) is 6.28. The zero-order valence-corrected chi connectivity index (χ0v) is 14.2. The molecule has 1 unspecified atom stereocenters. The van der Waals surface area contributed by atoms with E-state index in [1.807, 2.05) is 18.2 Å². The monoisotopic (exact) mass is 323 g/mol. The summed E-state index contributed by atoms with van der Waals surface area (Å²) in [6, 6.07) is 10.3. The minimum atomic E-state index is 0.832. The molecule has 2 aliphatic rings. The summed E-state index contributed by atoms with van der Waals surface area (Å²) in [6.45, 7) is 2.24. The van der Waals surface area contributed by atoms with Crippen molar-refractivity contribution in [1.82, 2.24) is 4.98 Å². The molecule has 1 atom stereocenters. The van der Waals surface area contributed by atoms with E-state index in [0.29, 0.717) is 0 Å². The van der Waals surface area contributed by atoms with E-state index in [2.05, 4.69) is 39.9 Å². The van der Waals surface area contributed by atoms with Crippen molar-refractivity contribution in [3.8, 4) is 11.3 Å². The second-order valence-corrected chi connectivity index (χ2v) is 7.21. The van der Waals surface area contributed by atoms with Crippen LogP contribution in [-0.4, -0.2) is 10.7 Å². The third kappa shape index (κ3) is 2.95. The van der Waals surface area contributed by atoms with Gasteiger partial charge in [0, 0.05) is 10.9 Å². The van der Waals surface area contributed by atoms with Crippen LogP contribution in [0.25, 0.3) is 11.3 Å². The van der Waals surface area contributed by atoms with Gasteiger partial charge in [0.15, 0.2) is 0 Å². The molecule has 2 aromatic rings. The lowest BCUT2D eigenvalue weighted by molar-refractivity contribution is 0.574. The molecule has 0 spiro atoms. The molecule has 4 rings (SSSR count). The second-order valence-electron chi connectivity index (χ2n) is 6.35. The first-order valence-electron chi connectivity index (χ1n) is 8.35. The van der Waals surface area contributed by atoms with Crippen LogP contribution in [0.15, 0.2) is 52.0 Å². The number of hydrogen-bond donors (Lipinski definition) is 1. The number of rotatable bonds is 3. The zero-order valence-electron chi connectivity index (χ0n) is 13.4. The van der Waals surface area contributed by atoms with Crippen LogP contribution in [0.4, 0.5) is 5.13 Å². The molecule has 2 aliphatic carbocycles. The first kappa shape index (κ1) is 14.6. The molecule has 118 valence electrons. The number of nitrogens with zero attached hydrogens (tertiary/aromatic N) is 2. The van der Waals surface area contributed by atoms with E-state index in [9.17, 15) is 0 Å². The SMILES string of the molecule is CC1=C2CCCC2CC/C1=N\Nc1nc(-c2ccccc2)cs1. The molecule has 1 aromatic carbocycles. The Kier molecular flexibility index (Phi) is 4.00. The number of anilines is 1.